The molecule has 0 amide bonds. The molecule has 1 saturated carbocycles. The molecule has 2 atom stereocenters. The van der Waals surface area contributed by atoms with Gasteiger partial charge in [0.15, 0.2) is 5.82 Å². The van der Waals surface area contributed by atoms with Crippen LogP contribution >= 0.6 is 0 Å². The summed E-state index contributed by atoms with van der Waals surface area (Å²) in [6.07, 6.45) is 4.55. The van der Waals surface area contributed by atoms with Crippen LogP contribution < -0.4 is 0 Å². The third-order valence-electron chi connectivity index (χ3n) is 3.53. The third-order valence-corrected chi connectivity index (χ3v) is 3.53. The Morgan fingerprint density at radius 2 is 2.47 bits per heavy atom. The predicted molar refractivity (Wildman–Crippen MR) is 62.0 cm³/mol. The third kappa shape index (κ3) is 2.32. The first kappa shape index (κ1) is 12.1. The predicted octanol–water partition coefficient (Wildman–Crippen LogP) is 1.92. The van der Waals surface area contributed by atoms with E-state index >= 15 is 0 Å². The molecule has 1 N–H and O–H groups in total. The van der Waals surface area contributed by atoms with Crippen LogP contribution in [0.1, 0.15) is 44.3 Å². The number of aromatic nitrogens is 3. The molecular weight excluding hydrogens is 216 g/mol. The van der Waals surface area contributed by atoms with Gasteiger partial charge in [-0.25, -0.2) is 4.98 Å². The van der Waals surface area contributed by atoms with E-state index in [0.29, 0.717) is 17.6 Å². The van der Waals surface area contributed by atoms with Crippen molar-refractivity contribution in [2.75, 3.05) is 7.11 Å². The van der Waals surface area contributed by atoms with E-state index in [4.69, 9.17) is 10.00 Å². The van der Waals surface area contributed by atoms with Crippen molar-refractivity contribution in [3.63, 3.8) is 0 Å². The SMILES string of the molecule is COC1(c2n[nH]c(CC#N)n2)CCCC(C)C1. The van der Waals surface area contributed by atoms with Gasteiger partial charge in [-0.1, -0.05) is 13.3 Å². The summed E-state index contributed by atoms with van der Waals surface area (Å²) in [5, 5.41) is 15.7. The van der Waals surface area contributed by atoms with Gasteiger partial charge in [0.25, 0.3) is 0 Å². The standard InChI is InChI=1S/C12H18N4O/c1-9-4-3-6-12(8-9,17-2)11-14-10(5-7-13)15-16-11/h9H,3-6,8H2,1-2H3,(H,14,15,16). The molecule has 1 fully saturated rings. The fourth-order valence-electron chi connectivity index (χ4n) is 2.64. The topological polar surface area (TPSA) is 74.6 Å². The Labute approximate surface area is 101 Å². The molecule has 0 aliphatic heterocycles. The van der Waals surface area contributed by atoms with Crippen LogP contribution in [-0.2, 0) is 16.8 Å². The van der Waals surface area contributed by atoms with Gasteiger partial charge in [-0.3, -0.25) is 5.10 Å². The van der Waals surface area contributed by atoms with Crippen LogP contribution in [0, 0.1) is 17.2 Å². The van der Waals surface area contributed by atoms with E-state index in [0.717, 1.165) is 19.3 Å². The molecule has 92 valence electrons. The Balaban J connectivity index is 2.24. The molecular formula is C12H18N4O. The lowest BCUT2D eigenvalue weighted by molar-refractivity contribution is -0.0644. The second kappa shape index (κ2) is 4.84. The summed E-state index contributed by atoms with van der Waals surface area (Å²) in [5.41, 5.74) is -0.359. The van der Waals surface area contributed by atoms with Crippen molar-refractivity contribution in [2.45, 2.75) is 44.6 Å². The van der Waals surface area contributed by atoms with Gasteiger partial charge >= 0.3 is 0 Å². The molecule has 5 heteroatoms. The highest BCUT2D eigenvalue weighted by atomic mass is 16.5. The number of rotatable bonds is 3. The quantitative estimate of drug-likeness (QED) is 0.867. The molecule has 17 heavy (non-hydrogen) atoms. The average Bonchev–Trinajstić information content (AvgIpc) is 2.78. The Kier molecular flexibility index (Phi) is 3.43. The van der Waals surface area contributed by atoms with Gasteiger partial charge in [-0.05, 0) is 25.2 Å². The van der Waals surface area contributed by atoms with Crippen LogP contribution in [0.15, 0.2) is 0 Å². The van der Waals surface area contributed by atoms with Gasteiger partial charge in [0.1, 0.15) is 11.4 Å². The van der Waals surface area contributed by atoms with Crippen LogP contribution in [0.5, 0.6) is 0 Å². The van der Waals surface area contributed by atoms with Gasteiger partial charge in [0.05, 0.1) is 12.5 Å². The van der Waals surface area contributed by atoms with Crippen molar-refractivity contribution < 1.29 is 4.74 Å². The summed E-state index contributed by atoms with van der Waals surface area (Å²) in [4.78, 5) is 4.39. The first-order valence-corrected chi connectivity index (χ1v) is 6.04. The zero-order valence-corrected chi connectivity index (χ0v) is 10.4. The average molecular weight is 234 g/mol. The number of aromatic amines is 1. The summed E-state index contributed by atoms with van der Waals surface area (Å²) < 4.78 is 5.70. The maximum Gasteiger partial charge on any atom is 0.182 e. The van der Waals surface area contributed by atoms with Crippen LogP contribution in [0.2, 0.25) is 0 Å². The molecule has 1 aliphatic rings. The highest BCUT2D eigenvalue weighted by Gasteiger charge is 2.40. The molecule has 1 aliphatic carbocycles. The van der Waals surface area contributed by atoms with Crippen molar-refractivity contribution in [1.29, 1.82) is 5.26 Å². The van der Waals surface area contributed by atoms with Crippen molar-refractivity contribution in [1.82, 2.24) is 15.2 Å². The highest BCUT2D eigenvalue weighted by molar-refractivity contribution is 5.07. The number of nitrogens with one attached hydrogen (secondary N) is 1. The van der Waals surface area contributed by atoms with Gasteiger partial charge in [0.2, 0.25) is 0 Å². The molecule has 2 unspecified atom stereocenters. The maximum atomic E-state index is 8.63. The zero-order valence-electron chi connectivity index (χ0n) is 10.4. The Bertz CT molecular complexity index is 422. The molecule has 0 bridgehead atoms. The number of hydrogen-bond acceptors (Lipinski definition) is 4. The normalized spacial score (nSPS) is 28.9. The molecule has 1 heterocycles. The summed E-state index contributed by atoms with van der Waals surface area (Å²) in [6, 6.07) is 2.06. The molecule has 0 saturated heterocycles. The number of methoxy groups -OCH3 is 1. The van der Waals surface area contributed by atoms with Crippen LogP contribution in [0.25, 0.3) is 0 Å². The molecule has 1 aromatic rings. The first-order chi connectivity index (χ1) is 8.20. The van der Waals surface area contributed by atoms with Crippen molar-refractivity contribution in [3.8, 4) is 6.07 Å². The highest BCUT2D eigenvalue weighted by Crippen LogP contribution is 2.40. The number of hydrogen-bond donors (Lipinski definition) is 1. The largest absolute Gasteiger partial charge is 0.370 e. The van der Waals surface area contributed by atoms with Gasteiger partial charge in [0, 0.05) is 7.11 Å². The Hall–Kier alpha value is -1.41. The maximum absolute atomic E-state index is 8.63. The number of nitriles is 1. The van der Waals surface area contributed by atoms with Crippen LogP contribution in [0.4, 0.5) is 0 Å². The van der Waals surface area contributed by atoms with E-state index in [1.165, 1.54) is 6.42 Å². The van der Waals surface area contributed by atoms with E-state index in [2.05, 4.69) is 28.2 Å². The number of ether oxygens (including phenoxy) is 1. The van der Waals surface area contributed by atoms with Gasteiger partial charge in [-0.2, -0.15) is 10.4 Å². The molecule has 0 aromatic carbocycles. The lowest BCUT2D eigenvalue weighted by Crippen LogP contribution is -2.35. The van der Waals surface area contributed by atoms with E-state index in [1.807, 2.05) is 0 Å². The fourth-order valence-corrected chi connectivity index (χ4v) is 2.64. The fraction of sp³-hybridized carbons (Fsp3) is 0.750. The summed E-state index contributed by atoms with van der Waals surface area (Å²) in [6.45, 7) is 2.23. The van der Waals surface area contributed by atoms with Crippen molar-refractivity contribution in [2.24, 2.45) is 5.92 Å². The number of H-pyrrole nitrogens is 1. The monoisotopic (exact) mass is 234 g/mol. The van der Waals surface area contributed by atoms with Gasteiger partial charge in [-0.15, -0.1) is 0 Å². The van der Waals surface area contributed by atoms with Crippen molar-refractivity contribution >= 4 is 0 Å². The minimum atomic E-state index is -0.359. The minimum absolute atomic E-state index is 0.266. The van der Waals surface area contributed by atoms with Gasteiger partial charge < -0.3 is 4.74 Å². The van der Waals surface area contributed by atoms with Crippen LogP contribution in [0.3, 0.4) is 0 Å². The second-order valence-corrected chi connectivity index (χ2v) is 4.84. The van der Waals surface area contributed by atoms with E-state index in [-0.39, 0.29) is 12.0 Å². The van der Waals surface area contributed by atoms with E-state index in [9.17, 15) is 0 Å². The molecule has 1 aromatic heterocycles. The summed E-state index contributed by atoms with van der Waals surface area (Å²) in [7, 11) is 1.72. The van der Waals surface area contributed by atoms with E-state index in [1.54, 1.807) is 7.11 Å². The molecule has 2 rings (SSSR count). The summed E-state index contributed by atoms with van der Waals surface area (Å²) >= 11 is 0. The van der Waals surface area contributed by atoms with Crippen molar-refractivity contribution in [3.05, 3.63) is 11.6 Å². The smallest absolute Gasteiger partial charge is 0.182 e. The van der Waals surface area contributed by atoms with Crippen LogP contribution in [-0.4, -0.2) is 22.3 Å². The minimum Gasteiger partial charge on any atom is -0.370 e. The Morgan fingerprint density at radius 3 is 3.12 bits per heavy atom. The lowest BCUT2D eigenvalue weighted by Gasteiger charge is -2.36. The summed E-state index contributed by atoms with van der Waals surface area (Å²) in [5.74, 6) is 1.95. The lowest BCUT2D eigenvalue weighted by atomic mass is 9.78. The molecule has 5 nitrogen and oxygen atoms in total. The first-order valence-electron chi connectivity index (χ1n) is 6.04. The molecule has 0 spiro atoms. The Morgan fingerprint density at radius 1 is 1.65 bits per heavy atom. The van der Waals surface area contributed by atoms with E-state index < -0.39 is 0 Å². The number of nitrogens with zero attached hydrogens (tertiary/aromatic N) is 3. The zero-order chi connectivity index (χ0) is 12.3. The molecule has 0 radical (unpaired) electrons. The second-order valence-electron chi connectivity index (χ2n) is 4.84.